The number of fused-ring (bicyclic) bond motifs is 2. The molecule has 1 saturated heterocycles. The van der Waals surface area contributed by atoms with E-state index in [0.29, 0.717) is 22.4 Å². The Morgan fingerprint density at radius 2 is 2.21 bits per heavy atom. The standard InChI is InChI=1S/C21H22N4O3/c1-12(28-2)13-3-4-18-17(8-13)16(5-6-23-18)21(27)24-11-20(26)25-15(10-22)7-14-9-19(14)25/h3-6,8,12,14-15,19H,7,9,11H2,1-2H3,(H,24,27)/t12?,14-,15+,19+/m1/s1. The zero-order chi connectivity index (χ0) is 19.8. The van der Waals surface area contributed by atoms with Crippen LogP contribution in [0.15, 0.2) is 30.5 Å². The third-order valence-corrected chi connectivity index (χ3v) is 5.77. The van der Waals surface area contributed by atoms with Gasteiger partial charge >= 0.3 is 0 Å². The smallest absolute Gasteiger partial charge is 0.252 e. The van der Waals surface area contributed by atoms with Gasteiger partial charge in [-0.1, -0.05) is 6.07 Å². The van der Waals surface area contributed by atoms with Gasteiger partial charge in [-0.05, 0) is 49.4 Å². The SMILES string of the molecule is COC(C)c1ccc2nccc(C(=O)NCC(=O)N3[C@H](C#N)C[C@@H]4C[C@@H]43)c2c1. The second-order valence-corrected chi connectivity index (χ2v) is 7.44. The number of hydrogen-bond donors (Lipinski definition) is 1. The zero-order valence-corrected chi connectivity index (χ0v) is 15.9. The molecule has 0 radical (unpaired) electrons. The normalized spacial score (nSPS) is 23.8. The summed E-state index contributed by atoms with van der Waals surface area (Å²) in [6.45, 7) is 1.82. The second-order valence-electron chi connectivity index (χ2n) is 7.44. The number of aromatic nitrogens is 1. The lowest BCUT2D eigenvalue weighted by Crippen LogP contribution is -2.44. The molecule has 1 N–H and O–H groups in total. The molecule has 0 bridgehead atoms. The Bertz CT molecular complexity index is 983. The van der Waals surface area contributed by atoms with Crippen LogP contribution >= 0.6 is 0 Å². The van der Waals surface area contributed by atoms with Gasteiger partial charge in [-0.3, -0.25) is 14.6 Å². The summed E-state index contributed by atoms with van der Waals surface area (Å²) in [5.74, 6) is -0.0744. The molecule has 1 aliphatic carbocycles. The molecule has 1 aliphatic heterocycles. The molecule has 2 heterocycles. The number of amides is 2. The van der Waals surface area contributed by atoms with Crippen molar-refractivity contribution in [2.24, 2.45) is 5.92 Å². The first-order chi connectivity index (χ1) is 13.5. The van der Waals surface area contributed by atoms with Crippen molar-refractivity contribution in [1.82, 2.24) is 15.2 Å². The van der Waals surface area contributed by atoms with E-state index in [1.807, 2.05) is 25.1 Å². The lowest BCUT2D eigenvalue weighted by Gasteiger charge is -2.22. The van der Waals surface area contributed by atoms with Crippen molar-refractivity contribution < 1.29 is 14.3 Å². The number of hydrogen-bond acceptors (Lipinski definition) is 5. The predicted octanol–water partition coefficient (Wildman–Crippen LogP) is 2.18. The average Bonchev–Trinajstić information content (AvgIpc) is 3.39. The number of carbonyl (C=O) groups is 2. The third-order valence-electron chi connectivity index (χ3n) is 5.77. The fourth-order valence-electron chi connectivity index (χ4n) is 4.02. The maximum absolute atomic E-state index is 12.8. The van der Waals surface area contributed by atoms with Gasteiger partial charge in [0.1, 0.15) is 6.04 Å². The molecule has 28 heavy (non-hydrogen) atoms. The zero-order valence-electron chi connectivity index (χ0n) is 15.9. The highest BCUT2D eigenvalue weighted by Crippen LogP contribution is 2.47. The Labute approximate surface area is 163 Å². The topological polar surface area (TPSA) is 95.3 Å². The summed E-state index contributed by atoms with van der Waals surface area (Å²) in [4.78, 5) is 31.3. The van der Waals surface area contributed by atoms with Crippen LogP contribution in [0.2, 0.25) is 0 Å². The van der Waals surface area contributed by atoms with Crippen LogP contribution in [0, 0.1) is 17.2 Å². The van der Waals surface area contributed by atoms with Crippen molar-refractivity contribution in [3.63, 3.8) is 0 Å². The molecule has 4 atom stereocenters. The van der Waals surface area contributed by atoms with Gasteiger partial charge in [0.2, 0.25) is 5.91 Å². The number of pyridine rings is 1. The maximum atomic E-state index is 12.8. The molecule has 144 valence electrons. The van der Waals surface area contributed by atoms with Gasteiger partial charge in [-0.2, -0.15) is 5.26 Å². The number of piperidine rings is 1. The van der Waals surface area contributed by atoms with Crippen molar-refractivity contribution in [2.75, 3.05) is 13.7 Å². The van der Waals surface area contributed by atoms with E-state index in [4.69, 9.17) is 4.74 Å². The summed E-state index contributed by atoms with van der Waals surface area (Å²) in [7, 11) is 1.63. The third kappa shape index (κ3) is 3.20. The number of ether oxygens (including phenoxy) is 1. The lowest BCUT2D eigenvalue weighted by molar-refractivity contribution is -0.131. The molecule has 2 aliphatic rings. The van der Waals surface area contributed by atoms with Crippen LogP contribution in [0.25, 0.3) is 10.9 Å². The van der Waals surface area contributed by atoms with Crippen LogP contribution in [-0.4, -0.2) is 47.4 Å². The van der Waals surface area contributed by atoms with Crippen molar-refractivity contribution in [3.8, 4) is 6.07 Å². The Balaban J connectivity index is 1.51. The van der Waals surface area contributed by atoms with Gasteiger partial charge in [-0.15, -0.1) is 0 Å². The molecule has 1 aromatic carbocycles. The minimum atomic E-state index is -0.368. The fraction of sp³-hybridized carbons (Fsp3) is 0.429. The second kappa shape index (κ2) is 7.21. The minimum Gasteiger partial charge on any atom is -0.377 e. The average molecular weight is 378 g/mol. The van der Waals surface area contributed by atoms with Crippen molar-refractivity contribution in [1.29, 1.82) is 5.26 Å². The number of nitrogens with one attached hydrogen (secondary N) is 1. The molecule has 2 fully saturated rings. The summed E-state index contributed by atoms with van der Waals surface area (Å²) in [5.41, 5.74) is 2.11. The first kappa shape index (κ1) is 18.4. The highest BCUT2D eigenvalue weighted by atomic mass is 16.5. The number of carbonyl (C=O) groups excluding carboxylic acids is 2. The molecule has 2 aromatic rings. The first-order valence-corrected chi connectivity index (χ1v) is 9.44. The quantitative estimate of drug-likeness (QED) is 0.860. The molecule has 7 heteroatoms. The van der Waals surface area contributed by atoms with E-state index >= 15 is 0 Å². The molecule has 1 unspecified atom stereocenters. The number of methoxy groups -OCH3 is 1. The Morgan fingerprint density at radius 3 is 2.96 bits per heavy atom. The molecular formula is C21H22N4O3. The highest BCUT2D eigenvalue weighted by molar-refractivity contribution is 6.07. The number of nitrogens with zero attached hydrogens (tertiary/aromatic N) is 3. The summed E-state index contributed by atoms with van der Waals surface area (Å²) in [6, 6.07) is 9.33. The number of nitriles is 1. The largest absolute Gasteiger partial charge is 0.377 e. The minimum absolute atomic E-state index is 0.105. The van der Waals surface area contributed by atoms with Crippen LogP contribution in [-0.2, 0) is 9.53 Å². The van der Waals surface area contributed by atoms with E-state index in [2.05, 4.69) is 16.4 Å². The van der Waals surface area contributed by atoms with Gasteiger partial charge in [0, 0.05) is 24.7 Å². The van der Waals surface area contributed by atoms with Gasteiger partial charge in [0.25, 0.3) is 5.91 Å². The van der Waals surface area contributed by atoms with Gasteiger partial charge in [0.15, 0.2) is 0 Å². The van der Waals surface area contributed by atoms with Crippen molar-refractivity contribution >= 4 is 22.7 Å². The number of likely N-dealkylation sites (tertiary alicyclic amines) is 1. The predicted molar refractivity (Wildman–Crippen MR) is 102 cm³/mol. The molecule has 0 spiro atoms. The van der Waals surface area contributed by atoms with E-state index in [1.54, 1.807) is 24.3 Å². The van der Waals surface area contributed by atoms with Crippen LogP contribution in [0.4, 0.5) is 0 Å². The summed E-state index contributed by atoms with van der Waals surface area (Å²) in [5, 5.41) is 12.7. The highest BCUT2D eigenvalue weighted by Gasteiger charge is 2.53. The molecule has 7 nitrogen and oxygen atoms in total. The maximum Gasteiger partial charge on any atom is 0.252 e. The summed E-state index contributed by atoms with van der Waals surface area (Å²) in [6.07, 6.45) is 3.19. The Morgan fingerprint density at radius 1 is 1.39 bits per heavy atom. The Kier molecular flexibility index (Phi) is 4.73. The van der Waals surface area contributed by atoms with Crippen LogP contribution in [0.3, 0.4) is 0 Å². The fourth-order valence-corrected chi connectivity index (χ4v) is 4.02. The van der Waals surface area contributed by atoms with Crippen molar-refractivity contribution in [3.05, 3.63) is 41.6 Å². The Hall–Kier alpha value is -2.98. The number of rotatable bonds is 5. The van der Waals surface area contributed by atoms with Crippen molar-refractivity contribution in [2.45, 2.75) is 38.0 Å². The molecule has 1 aromatic heterocycles. The van der Waals surface area contributed by atoms with Crippen LogP contribution in [0.5, 0.6) is 0 Å². The van der Waals surface area contributed by atoms with E-state index < -0.39 is 0 Å². The van der Waals surface area contributed by atoms with E-state index in [9.17, 15) is 14.9 Å². The summed E-state index contributed by atoms with van der Waals surface area (Å²) < 4.78 is 5.36. The van der Waals surface area contributed by atoms with E-state index in [1.165, 1.54) is 0 Å². The number of benzene rings is 1. The molecule has 2 amide bonds. The van der Waals surface area contributed by atoms with Crippen LogP contribution < -0.4 is 5.32 Å². The van der Waals surface area contributed by atoms with Crippen LogP contribution in [0.1, 0.15) is 41.8 Å². The van der Waals surface area contributed by atoms with Gasteiger partial charge < -0.3 is 15.0 Å². The molecule has 4 rings (SSSR count). The van der Waals surface area contributed by atoms with E-state index in [0.717, 1.165) is 18.4 Å². The molecular weight excluding hydrogens is 356 g/mol. The molecule has 1 saturated carbocycles. The van der Waals surface area contributed by atoms with E-state index in [-0.39, 0.29) is 36.5 Å². The van der Waals surface area contributed by atoms with Gasteiger partial charge in [0.05, 0.1) is 29.8 Å². The monoisotopic (exact) mass is 378 g/mol. The van der Waals surface area contributed by atoms with Gasteiger partial charge in [-0.25, -0.2) is 0 Å². The first-order valence-electron chi connectivity index (χ1n) is 9.44. The summed E-state index contributed by atoms with van der Waals surface area (Å²) >= 11 is 0. The lowest BCUT2D eigenvalue weighted by atomic mass is 10.0.